The predicted molar refractivity (Wildman–Crippen MR) is 125 cm³/mol. The third kappa shape index (κ3) is 3.54. The summed E-state index contributed by atoms with van der Waals surface area (Å²) in [6.45, 7) is 3.83. The molecule has 3 aromatic rings. The van der Waals surface area contributed by atoms with Gasteiger partial charge in [-0.2, -0.15) is 0 Å². The first-order valence-electron chi connectivity index (χ1n) is 10.0. The van der Waals surface area contributed by atoms with Gasteiger partial charge in [-0.25, -0.2) is 0 Å². The summed E-state index contributed by atoms with van der Waals surface area (Å²) in [6, 6.07) is 13.6. The highest BCUT2D eigenvalue weighted by Crippen LogP contribution is 2.45. The summed E-state index contributed by atoms with van der Waals surface area (Å²) < 4.78 is 10.7. The molecule has 164 valence electrons. The molecule has 0 saturated carbocycles. The van der Waals surface area contributed by atoms with Crippen LogP contribution in [-0.4, -0.2) is 31.0 Å². The van der Waals surface area contributed by atoms with E-state index in [-0.39, 0.29) is 11.3 Å². The highest BCUT2D eigenvalue weighted by Gasteiger charge is 2.48. The Morgan fingerprint density at radius 1 is 1.03 bits per heavy atom. The highest BCUT2D eigenvalue weighted by atomic mass is 32.1. The van der Waals surface area contributed by atoms with E-state index in [0.717, 1.165) is 16.0 Å². The van der Waals surface area contributed by atoms with Gasteiger partial charge < -0.3 is 14.6 Å². The van der Waals surface area contributed by atoms with Gasteiger partial charge in [0, 0.05) is 16.6 Å². The summed E-state index contributed by atoms with van der Waals surface area (Å²) in [4.78, 5) is 28.8. The van der Waals surface area contributed by atoms with Crippen LogP contribution in [0.4, 0.5) is 5.69 Å². The lowest BCUT2D eigenvalue weighted by molar-refractivity contribution is -0.132. The molecule has 2 heterocycles. The number of nitrogens with zero attached hydrogens (tertiary/aromatic N) is 1. The zero-order chi connectivity index (χ0) is 23.0. The average Bonchev–Trinajstić information content (AvgIpc) is 3.41. The molecule has 1 fully saturated rings. The van der Waals surface area contributed by atoms with Crippen molar-refractivity contribution in [3.05, 3.63) is 81.1 Å². The van der Waals surface area contributed by atoms with Crippen molar-refractivity contribution in [1.82, 2.24) is 0 Å². The molecule has 1 aromatic heterocycles. The Labute approximate surface area is 190 Å². The number of ether oxygens (including phenoxy) is 2. The number of hydrogen-bond acceptors (Lipinski definition) is 6. The lowest BCUT2D eigenvalue weighted by atomic mass is 9.98. The second-order valence-corrected chi connectivity index (χ2v) is 8.52. The number of Topliss-reactive ketones (excluding diaryl/α,β-unsaturated/α-hetero) is 1. The van der Waals surface area contributed by atoms with Crippen molar-refractivity contribution >= 4 is 34.5 Å². The molecule has 1 N–H and O–H groups in total. The molecule has 0 radical (unpaired) electrons. The minimum atomic E-state index is -0.748. The first-order valence-corrected chi connectivity index (χ1v) is 10.9. The molecule has 0 spiro atoms. The Bertz CT molecular complexity index is 1230. The maximum atomic E-state index is 13.3. The molecule has 4 rings (SSSR count). The summed E-state index contributed by atoms with van der Waals surface area (Å²) in [5.41, 5.74) is 2.82. The molecule has 0 bridgehead atoms. The van der Waals surface area contributed by atoms with E-state index in [1.165, 1.54) is 30.5 Å². The number of rotatable bonds is 5. The van der Waals surface area contributed by atoms with Gasteiger partial charge in [0.05, 0.1) is 25.4 Å². The van der Waals surface area contributed by atoms with E-state index in [2.05, 4.69) is 0 Å². The van der Waals surface area contributed by atoms with Crippen molar-refractivity contribution in [3.8, 4) is 11.5 Å². The molecule has 1 saturated heterocycles. The fraction of sp³-hybridized carbons (Fsp3) is 0.200. The van der Waals surface area contributed by atoms with E-state index in [9.17, 15) is 14.7 Å². The van der Waals surface area contributed by atoms with Crippen molar-refractivity contribution in [3.63, 3.8) is 0 Å². The van der Waals surface area contributed by atoms with Crippen LogP contribution in [0.2, 0.25) is 0 Å². The van der Waals surface area contributed by atoms with Gasteiger partial charge in [0.25, 0.3) is 11.7 Å². The van der Waals surface area contributed by atoms with Crippen LogP contribution in [0.15, 0.2) is 59.5 Å². The van der Waals surface area contributed by atoms with Gasteiger partial charge in [-0.15, -0.1) is 11.3 Å². The van der Waals surface area contributed by atoms with Gasteiger partial charge in [0.1, 0.15) is 23.3 Å². The molecule has 0 aliphatic carbocycles. The van der Waals surface area contributed by atoms with Crippen LogP contribution >= 0.6 is 11.3 Å². The molecule has 2 aromatic carbocycles. The van der Waals surface area contributed by atoms with Gasteiger partial charge in [-0.3, -0.25) is 14.5 Å². The number of carbonyl (C=O) groups is 2. The quantitative estimate of drug-likeness (QED) is 0.337. The summed E-state index contributed by atoms with van der Waals surface area (Å²) in [5.74, 6) is -0.811. The van der Waals surface area contributed by atoms with Crippen LogP contribution in [0.25, 0.3) is 5.76 Å². The number of aliphatic hydroxyl groups excluding tert-OH is 1. The third-order valence-corrected chi connectivity index (χ3v) is 6.47. The number of hydrogen-bond donors (Lipinski definition) is 1. The van der Waals surface area contributed by atoms with E-state index in [1.54, 1.807) is 18.2 Å². The number of aliphatic hydroxyl groups is 1. The molecule has 1 unspecified atom stereocenters. The molecule has 1 atom stereocenters. The third-order valence-electron chi connectivity index (χ3n) is 5.55. The number of ketones is 1. The van der Waals surface area contributed by atoms with E-state index >= 15 is 0 Å². The lowest BCUT2D eigenvalue weighted by Gasteiger charge is -2.26. The van der Waals surface area contributed by atoms with Gasteiger partial charge in [-0.1, -0.05) is 18.2 Å². The van der Waals surface area contributed by atoms with Crippen LogP contribution in [-0.2, 0) is 9.59 Å². The normalized spacial score (nSPS) is 17.6. The number of benzene rings is 2. The van der Waals surface area contributed by atoms with Crippen LogP contribution in [0, 0.1) is 13.8 Å². The highest BCUT2D eigenvalue weighted by molar-refractivity contribution is 7.10. The first-order chi connectivity index (χ1) is 15.4. The van der Waals surface area contributed by atoms with Crippen LogP contribution < -0.4 is 14.4 Å². The lowest BCUT2D eigenvalue weighted by Crippen LogP contribution is -2.29. The molecule has 7 heteroatoms. The Hall–Kier alpha value is -3.58. The number of aryl methyl sites for hydroxylation is 2. The second kappa shape index (κ2) is 8.51. The van der Waals surface area contributed by atoms with Gasteiger partial charge >= 0.3 is 0 Å². The number of methoxy groups -OCH3 is 2. The SMILES string of the molecule is COc1ccc(/C(O)=C2/C(=O)C(=O)N(c3cc(C)ccc3C)C2c2cccs2)c(OC)c1. The van der Waals surface area contributed by atoms with Crippen molar-refractivity contribution < 1.29 is 24.2 Å². The van der Waals surface area contributed by atoms with Crippen molar-refractivity contribution in [1.29, 1.82) is 0 Å². The fourth-order valence-corrected chi connectivity index (χ4v) is 4.74. The maximum absolute atomic E-state index is 13.3. The maximum Gasteiger partial charge on any atom is 0.300 e. The topological polar surface area (TPSA) is 76.1 Å². The minimum absolute atomic E-state index is 0.0295. The average molecular weight is 450 g/mol. The molecule has 1 aliphatic rings. The number of thiophene rings is 1. The standard InChI is InChI=1S/C25H23NO5S/c1-14-7-8-15(2)18(12-14)26-22(20-6-5-11-32-20)21(24(28)25(26)29)23(27)17-10-9-16(30-3)13-19(17)31-4/h5-13,22,27H,1-4H3/b23-21-. The van der Waals surface area contributed by atoms with Gasteiger partial charge in [0.2, 0.25) is 0 Å². The van der Waals surface area contributed by atoms with E-state index in [1.807, 2.05) is 49.6 Å². The van der Waals surface area contributed by atoms with Gasteiger partial charge in [0.15, 0.2) is 0 Å². The van der Waals surface area contributed by atoms with Crippen molar-refractivity contribution in [2.45, 2.75) is 19.9 Å². The fourth-order valence-electron chi connectivity index (χ4n) is 3.92. The molecule has 6 nitrogen and oxygen atoms in total. The summed E-state index contributed by atoms with van der Waals surface area (Å²) >= 11 is 1.42. The number of amides is 1. The molecular weight excluding hydrogens is 426 g/mol. The number of carbonyl (C=O) groups excluding carboxylic acids is 2. The first kappa shape index (κ1) is 21.6. The minimum Gasteiger partial charge on any atom is -0.507 e. The molecule has 1 aliphatic heterocycles. The Kier molecular flexibility index (Phi) is 5.76. The van der Waals surface area contributed by atoms with E-state index in [0.29, 0.717) is 22.7 Å². The summed E-state index contributed by atoms with van der Waals surface area (Å²) in [7, 11) is 3.00. The van der Waals surface area contributed by atoms with E-state index < -0.39 is 17.7 Å². The smallest absolute Gasteiger partial charge is 0.300 e. The summed E-state index contributed by atoms with van der Waals surface area (Å²) in [6.07, 6.45) is 0. The van der Waals surface area contributed by atoms with Crippen LogP contribution in [0.5, 0.6) is 11.5 Å². The van der Waals surface area contributed by atoms with Crippen LogP contribution in [0.1, 0.15) is 27.6 Å². The van der Waals surface area contributed by atoms with E-state index in [4.69, 9.17) is 9.47 Å². The zero-order valence-corrected chi connectivity index (χ0v) is 19.0. The predicted octanol–water partition coefficient (Wildman–Crippen LogP) is 5.01. The molecule has 32 heavy (non-hydrogen) atoms. The van der Waals surface area contributed by atoms with Crippen molar-refractivity contribution in [2.75, 3.05) is 19.1 Å². The largest absolute Gasteiger partial charge is 0.507 e. The Morgan fingerprint density at radius 3 is 2.47 bits per heavy atom. The van der Waals surface area contributed by atoms with Crippen molar-refractivity contribution in [2.24, 2.45) is 0 Å². The Morgan fingerprint density at radius 2 is 1.81 bits per heavy atom. The molecule has 1 amide bonds. The van der Waals surface area contributed by atoms with Crippen LogP contribution in [0.3, 0.4) is 0 Å². The monoisotopic (exact) mass is 449 g/mol. The second-order valence-electron chi connectivity index (χ2n) is 7.54. The zero-order valence-electron chi connectivity index (χ0n) is 18.2. The van der Waals surface area contributed by atoms with Gasteiger partial charge in [-0.05, 0) is 54.6 Å². The number of anilines is 1. The summed E-state index contributed by atoms with van der Waals surface area (Å²) in [5, 5.41) is 13.2. The Balaban J connectivity index is 1.96. The molecular formula is C25H23NO5S.